The number of amides is 1. The fourth-order valence-electron chi connectivity index (χ4n) is 1.65. The van der Waals surface area contributed by atoms with Crippen LogP contribution in [0.5, 0.6) is 0 Å². The molecule has 0 saturated heterocycles. The zero-order valence-electron chi connectivity index (χ0n) is 11.2. The van der Waals surface area contributed by atoms with E-state index in [4.69, 9.17) is 5.11 Å². The van der Waals surface area contributed by atoms with Gasteiger partial charge in [0.25, 0.3) is 0 Å². The first-order chi connectivity index (χ1) is 10.1. The zero-order valence-corrected chi connectivity index (χ0v) is 12.0. The van der Waals surface area contributed by atoms with Crippen molar-refractivity contribution in [2.45, 2.75) is 13.0 Å². The normalized spacial score (nSPS) is 10.7. The monoisotopic (exact) mass is 302 g/mol. The third-order valence-electron chi connectivity index (χ3n) is 2.60. The molecular formula is C15H14N2O3S. The largest absolute Gasteiger partial charge is 0.478 e. The van der Waals surface area contributed by atoms with E-state index in [0.29, 0.717) is 6.54 Å². The summed E-state index contributed by atoms with van der Waals surface area (Å²) >= 11 is 1.44. The van der Waals surface area contributed by atoms with Crippen LogP contribution in [0.2, 0.25) is 0 Å². The number of pyridine rings is 1. The molecule has 2 N–H and O–H groups in total. The lowest BCUT2D eigenvalue weighted by atomic mass is 10.2. The summed E-state index contributed by atoms with van der Waals surface area (Å²) < 4.78 is 0. The highest BCUT2D eigenvalue weighted by molar-refractivity contribution is 7.12. The van der Waals surface area contributed by atoms with Gasteiger partial charge in [-0.1, -0.05) is 6.07 Å². The number of nitrogens with zero attached hydrogens (tertiary/aromatic N) is 1. The van der Waals surface area contributed by atoms with Gasteiger partial charge in [0.2, 0.25) is 5.91 Å². The summed E-state index contributed by atoms with van der Waals surface area (Å²) in [6.07, 6.45) is 4.53. The fraction of sp³-hybridized carbons (Fsp3) is 0.133. The van der Waals surface area contributed by atoms with E-state index in [9.17, 15) is 9.59 Å². The zero-order chi connectivity index (χ0) is 15.1. The molecule has 21 heavy (non-hydrogen) atoms. The van der Waals surface area contributed by atoms with E-state index in [1.54, 1.807) is 18.3 Å². The van der Waals surface area contributed by atoms with E-state index in [2.05, 4.69) is 10.3 Å². The van der Waals surface area contributed by atoms with Crippen molar-refractivity contribution in [1.29, 1.82) is 0 Å². The van der Waals surface area contributed by atoms with Crippen molar-refractivity contribution < 1.29 is 14.7 Å². The third-order valence-corrected chi connectivity index (χ3v) is 3.65. The number of aromatic nitrogens is 1. The summed E-state index contributed by atoms with van der Waals surface area (Å²) in [6.45, 7) is 0.428. The molecule has 0 aliphatic rings. The molecule has 2 aromatic rings. The van der Waals surface area contributed by atoms with Gasteiger partial charge < -0.3 is 10.4 Å². The van der Waals surface area contributed by atoms with Crippen LogP contribution < -0.4 is 5.32 Å². The van der Waals surface area contributed by atoms with E-state index in [0.717, 1.165) is 21.5 Å². The number of rotatable bonds is 6. The maximum atomic E-state index is 11.8. The van der Waals surface area contributed by atoms with Gasteiger partial charge in [0, 0.05) is 27.7 Å². The van der Waals surface area contributed by atoms with Gasteiger partial charge in [0.1, 0.15) is 0 Å². The van der Waals surface area contributed by atoms with Gasteiger partial charge in [-0.25, -0.2) is 4.79 Å². The SMILES string of the molecule is O=C(O)C=Cc1ccc(CNC(=O)Cc2ccccn2)s1. The number of carboxylic acid groups (broad SMARTS) is 1. The molecule has 2 heterocycles. The molecule has 0 fully saturated rings. The number of nitrogens with one attached hydrogen (secondary N) is 1. The average Bonchev–Trinajstić information content (AvgIpc) is 2.92. The highest BCUT2D eigenvalue weighted by Gasteiger charge is 2.05. The molecule has 108 valence electrons. The number of carboxylic acids is 1. The van der Waals surface area contributed by atoms with Crippen LogP contribution in [0.25, 0.3) is 6.08 Å². The number of carbonyl (C=O) groups excluding carboxylic acids is 1. The summed E-state index contributed by atoms with van der Waals surface area (Å²) in [5, 5.41) is 11.4. The van der Waals surface area contributed by atoms with Crippen LogP contribution in [0, 0.1) is 0 Å². The van der Waals surface area contributed by atoms with Crippen molar-refractivity contribution in [3.05, 3.63) is 58.1 Å². The van der Waals surface area contributed by atoms with Crippen LogP contribution in [0.1, 0.15) is 15.4 Å². The molecule has 6 heteroatoms. The van der Waals surface area contributed by atoms with Crippen molar-refractivity contribution in [3.63, 3.8) is 0 Å². The Labute approximate surface area is 126 Å². The lowest BCUT2D eigenvalue weighted by Gasteiger charge is -2.02. The van der Waals surface area contributed by atoms with Crippen LogP contribution in [-0.4, -0.2) is 22.0 Å². The lowest BCUT2D eigenvalue weighted by Crippen LogP contribution is -2.24. The highest BCUT2D eigenvalue weighted by Crippen LogP contribution is 2.17. The number of carbonyl (C=O) groups is 2. The Morgan fingerprint density at radius 3 is 2.86 bits per heavy atom. The van der Waals surface area contributed by atoms with Gasteiger partial charge >= 0.3 is 5.97 Å². The molecule has 0 bridgehead atoms. The minimum absolute atomic E-state index is 0.0928. The first-order valence-electron chi connectivity index (χ1n) is 6.30. The molecule has 0 atom stereocenters. The van der Waals surface area contributed by atoms with Crippen LogP contribution >= 0.6 is 11.3 Å². The molecule has 0 saturated carbocycles. The second-order valence-corrected chi connectivity index (χ2v) is 5.45. The molecule has 5 nitrogen and oxygen atoms in total. The lowest BCUT2D eigenvalue weighted by molar-refractivity contribution is -0.131. The molecule has 0 aliphatic carbocycles. The Bertz CT molecular complexity index is 650. The van der Waals surface area contributed by atoms with Crippen molar-refractivity contribution >= 4 is 29.3 Å². The second kappa shape index (κ2) is 7.35. The number of hydrogen-bond donors (Lipinski definition) is 2. The van der Waals surface area contributed by atoms with Crippen molar-refractivity contribution in [1.82, 2.24) is 10.3 Å². The quantitative estimate of drug-likeness (QED) is 0.801. The Balaban J connectivity index is 1.83. The minimum atomic E-state index is -0.978. The summed E-state index contributed by atoms with van der Waals surface area (Å²) in [4.78, 5) is 28.1. The Morgan fingerprint density at radius 2 is 2.14 bits per heavy atom. The minimum Gasteiger partial charge on any atom is -0.478 e. The molecule has 2 rings (SSSR count). The summed E-state index contributed by atoms with van der Waals surface area (Å²) in [7, 11) is 0. The maximum absolute atomic E-state index is 11.8. The van der Waals surface area contributed by atoms with Gasteiger partial charge in [0.15, 0.2) is 0 Å². The molecule has 2 aromatic heterocycles. The fourth-order valence-corrected chi connectivity index (χ4v) is 2.50. The topological polar surface area (TPSA) is 79.3 Å². The van der Waals surface area contributed by atoms with E-state index < -0.39 is 5.97 Å². The number of aliphatic carboxylic acids is 1. The van der Waals surface area contributed by atoms with Crippen molar-refractivity contribution in [3.8, 4) is 0 Å². The van der Waals surface area contributed by atoms with Crippen LogP contribution in [-0.2, 0) is 22.6 Å². The van der Waals surface area contributed by atoms with E-state index in [1.807, 2.05) is 18.2 Å². The third kappa shape index (κ3) is 5.19. The van der Waals surface area contributed by atoms with Crippen LogP contribution in [0.3, 0.4) is 0 Å². The highest BCUT2D eigenvalue weighted by atomic mass is 32.1. The number of thiophene rings is 1. The smallest absolute Gasteiger partial charge is 0.328 e. The van der Waals surface area contributed by atoms with Crippen LogP contribution in [0.15, 0.2) is 42.6 Å². The molecule has 1 amide bonds. The van der Waals surface area contributed by atoms with E-state index in [-0.39, 0.29) is 12.3 Å². The first kappa shape index (κ1) is 14.9. The van der Waals surface area contributed by atoms with Gasteiger partial charge in [-0.05, 0) is 30.3 Å². The molecular weight excluding hydrogens is 288 g/mol. The standard InChI is InChI=1S/C15H14N2O3S/c18-14(9-11-3-1-2-8-16-11)17-10-13-5-4-12(21-13)6-7-15(19)20/h1-8H,9-10H2,(H,17,18)(H,19,20). The van der Waals surface area contributed by atoms with Gasteiger partial charge in [-0.2, -0.15) is 0 Å². The first-order valence-corrected chi connectivity index (χ1v) is 7.11. The second-order valence-electron chi connectivity index (χ2n) is 4.25. The average molecular weight is 302 g/mol. The molecule has 0 unspecified atom stereocenters. The van der Waals surface area contributed by atoms with E-state index >= 15 is 0 Å². The predicted octanol–water partition coefficient (Wildman–Crippen LogP) is 2.10. The Kier molecular flexibility index (Phi) is 5.22. The summed E-state index contributed by atoms with van der Waals surface area (Å²) in [5.74, 6) is -1.07. The Hall–Kier alpha value is -2.47. The molecule has 0 aromatic carbocycles. The van der Waals surface area contributed by atoms with Crippen molar-refractivity contribution in [2.24, 2.45) is 0 Å². The van der Waals surface area contributed by atoms with Crippen molar-refractivity contribution in [2.75, 3.05) is 0 Å². The molecule has 0 spiro atoms. The molecule has 0 radical (unpaired) electrons. The van der Waals surface area contributed by atoms with Crippen LogP contribution in [0.4, 0.5) is 0 Å². The van der Waals surface area contributed by atoms with Gasteiger partial charge in [-0.3, -0.25) is 9.78 Å². The Morgan fingerprint density at radius 1 is 1.29 bits per heavy atom. The van der Waals surface area contributed by atoms with Gasteiger partial charge in [-0.15, -0.1) is 11.3 Å². The number of hydrogen-bond acceptors (Lipinski definition) is 4. The van der Waals surface area contributed by atoms with E-state index in [1.165, 1.54) is 17.4 Å². The van der Waals surface area contributed by atoms with Gasteiger partial charge in [0.05, 0.1) is 13.0 Å². The molecule has 0 aliphatic heterocycles. The summed E-state index contributed by atoms with van der Waals surface area (Å²) in [6, 6.07) is 9.15. The predicted molar refractivity (Wildman–Crippen MR) is 80.8 cm³/mol. The summed E-state index contributed by atoms with van der Waals surface area (Å²) in [5.41, 5.74) is 0.728. The maximum Gasteiger partial charge on any atom is 0.328 e.